The molecule has 1 aromatic rings. The lowest BCUT2D eigenvalue weighted by molar-refractivity contribution is -0.0314. The zero-order chi connectivity index (χ0) is 17.9. The SMILES string of the molecule is CCOC(=O)Cl.CCOC(=O)N1C=Cc2ccccc2C1OCC. The number of amides is 1. The van der Waals surface area contributed by atoms with Gasteiger partial charge in [-0.2, -0.15) is 0 Å². The van der Waals surface area contributed by atoms with Gasteiger partial charge in [0.15, 0.2) is 6.23 Å². The van der Waals surface area contributed by atoms with Crippen molar-refractivity contribution >= 4 is 29.2 Å². The Morgan fingerprint density at radius 3 is 2.29 bits per heavy atom. The molecule has 0 N–H and O–H groups in total. The third-order valence-electron chi connectivity index (χ3n) is 2.99. The highest BCUT2D eigenvalue weighted by Crippen LogP contribution is 2.31. The highest BCUT2D eigenvalue weighted by molar-refractivity contribution is 6.61. The number of benzene rings is 1. The van der Waals surface area contributed by atoms with Crippen LogP contribution >= 0.6 is 11.6 Å². The van der Waals surface area contributed by atoms with Crippen LogP contribution in [0.4, 0.5) is 9.59 Å². The molecule has 2 rings (SSSR count). The summed E-state index contributed by atoms with van der Waals surface area (Å²) in [5.74, 6) is 0. The molecule has 0 bridgehead atoms. The molecule has 0 radical (unpaired) electrons. The van der Waals surface area contributed by atoms with Gasteiger partial charge in [-0.15, -0.1) is 0 Å². The van der Waals surface area contributed by atoms with Crippen molar-refractivity contribution in [3.8, 4) is 0 Å². The Balaban J connectivity index is 0.000000413. The van der Waals surface area contributed by atoms with E-state index in [-0.39, 0.29) is 6.09 Å². The molecule has 1 aliphatic rings. The van der Waals surface area contributed by atoms with Crippen LogP contribution in [0.25, 0.3) is 6.08 Å². The van der Waals surface area contributed by atoms with E-state index in [0.29, 0.717) is 19.8 Å². The van der Waals surface area contributed by atoms with Crippen LogP contribution in [0.2, 0.25) is 0 Å². The van der Waals surface area contributed by atoms with E-state index in [1.54, 1.807) is 20.0 Å². The number of fused-ring (bicyclic) bond motifs is 1. The lowest BCUT2D eigenvalue weighted by Gasteiger charge is -2.31. The van der Waals surface area contributed by atoms with Crippen molar-refractivity contribution in [1.29, 1.82) is 0 Å². The van der Waals surface area contributed by atoms with Crippen molar-refractivity contribution in [2.75, 3.05) is 19.8 Å². The summed E-state index contributed by atoms with van der Waals surface area (Å²) in [6.07, 6.45) is 2.81. The monoisotopic (exact) mass is 355 g/mol. The second-order valence-electron chi connectivity index (χ2n) is 4.53. The molecule has 1 unspecified atom stereocenters. The number of carbonyl (C=O) groups is 2. The molecule has 0 saturated heterocycles. The number of carbonyl (C=O) groups excluding carboxylic acids is 2. The molecular formula is C17H22ClNO5. The summed E-state index contributed by atoms with van der Waals surface area (Å²) in [4.78, 5) is 22.9. The quantitative estimate of drug-likeness (QED) is 0.741. The van der Waals surface area contributed by atoms with Gasteiger partial charge in [0.05, 0.1) is 13.2 Å². The van der Waals surface area contributed by atoms with E-state index in [0.717, 1.165) is 11.1 Å². The van der Waals surface area contributed by atoms with Crippen molar-refractivity contribution in [3.05, 3.63) is 41.6 Å². The molecule has 132 valence electrons. The van der Waals surface area contributed by atoms with Gasteiger partial charge >= 0.3 is 11.5 Å². The van der Waals surface area contributed by atoms with Gasteiger partial charge in [-0.3, -0.25) is 4.90 Å². The fourth-order valence-corrected chi connectivity index (χ4v) is 2.18. The Morgan fingerprint density at radius 1 is 1.08 bits per heavy atom. The fraction of sp³-hybridized carbons (Fsp3) is 0.412. The Kier molecular flexibility index (Phi) is 8.89. The highest BCUT2D eigenvalue weighted by atomic mass is 35.5. The second-order valence-corrected chi connectivity index (χ2v) is 4.84. The summed E-state index contributed by atoms with van der Waals surface area (Å²) < 4.78 is 14.9. The number of ether oxygens (including phenoxy) is 3. The molecule has 1 amide bonds. The van der Waals surface area contributed by atoms with E-state index >= 15 is 0 Å². The average Bonchev–Trinajstić information content (AvgIpc) is 2.56. The maximum absolute atomic E-state index is 11.9. The third-order valence-corrected chi connectivity index (χ3v) is 3.10. The molecule has 24 heavy (non-hydrogen) atoms. The molecule has 0 saturated carbocycles. The van der Waals surface area contributed by atoms with Crippen molar-refractivity contribution in [2.45, 2.75) is 27.0 Å². The van der Waals surface area contributed by atoms with E-state index in [1.807, 2.05) is 37.3 Å². The largest absolute Gasteiger partial charge is 0.454 e. The third kappa shape index (κ3) is 5.86. The van der Waals surface area contributed by atoms with E-state index in [9.17, 15) is 9.59 Å². The molecule has 1 heterocycles. The van der Waals surface area contributed by atoms with Gasteiger partial charge in [0.1, 0.15) is 0 Å². The molecular weight excluding hydrogens is 334 g/mol. The van der Waals surface area contributed by atoms with Crippen molar-refractivity contribution in [2.24, 2.45) is 0 Å². The van der Waals surface area contributed by atoms with Crippen LogP contribution < -0.4 is 0 Å². The average molecular weight is 356 g/mol. The van der Waals surface area contributed by atoms with E-state index in [1.165, 1.54) is 4.90 Å². The van der Waals surface area contributed by atoms with E-state index < -0.39 is 11.7 Å². The van der Waals surface area contributed by atoms with Crippen LogP contribution in [-0.2, 0) is 14.2 Å². The van der Waals surface area contributed by atoms with Gasteiger partial charge < -0.3 is 14.2 Å². The highest BCUT2D eigenvalue weighted by Gasteiger charge is 2.29. The van der Waals surface area contributed by atoms with Gasteiger partial charge in [-0.05, 0) is 32.4 Å². The number of halogens is 1. The van der Waals surface area contributed by atoms with Gasteiger partial charge in [0.2, 0.25) is 0 Å². The topological polar surface area (TPSA) is 65.1 Å². The summed E-state index contributed by atoms with van der Waals surface area (Å²) in [6.45, 7) is 6.62. The fourth-order valence-electron chi connectivity index (χ4n) is 2.07. The predicted octanol–water partition coefficient (Wildman–Crippen LogP) is 4.55. The first kappa shape index (κ1) is 20.0. The molecule has 7 heteroatoms. The molecule has 1 aromatic carbocycles. The lowest BCUT2D eigenvalue weighted by Crippen LogP contribution is -2.34. The number of rotatable bonds is 4. The maximum atomic E-state index is 11.9. The molecule has 0 fully saturated rings. The zero-order valence-corrected chi connectivity index (χ0v) is 14.8. The van der Waals surface area contributed by atoms with E-state index in [2.05, 4.69) is 4.74 Å². The van der Waals surface area contributed by atoms with Gasteiger partial charge in [-0.1, -0.05) is 24.3 Å². The van der Waals surface area contributed by atoms with Gasteiger partial charge in [0.25, 0.3) is 0 Å². The summed E-state index contributed by atoms with van der Waals surface area (Å²) in [5, 5.41) is 0. The Bertz CT molecular complexity index is 576. The van der Waals surface area contributed by atoms with Crippen molar-refractivity contribution < 1.29 is 23.8 Å². The number of hydrogen-bond acceptors (Lipinski definition) is 5. The smallest absolute Gasteiger partial charge is 0.416 e. The van der Waals surface area contributed by atoms with Crippen LogP contribution in [0.1, 0.15) is 38.1 Å². The first-order valence-corrected chi connectivity index (χ1v) is 8.08. The molecule has 1 atom stereocenters. The standard InChI is InChI=1S/C14H17NO3.C3H5ClO2/c1-3-17-13-12-8-6-5-7-11(12)9-10-15(13)14(16)18-4-2;1-2-6-3(4)5/h5-10,13H,3-4H2,1-2H3;2H2,1H3. The Morgan fingerprint density at radius 2 is 1.75 bits per heavy atom. The van der Waals surface area contributed by atoms with Crippen LogP contribution in [0.5, 0.6) is 0 Å². The lowest BCUT2D eigenvalue weighted by atomic mass is 10.0. The first-order valence-electron chi connectivity index (χ1n) is 7.71. The molecule has 6 nitrogen and oxygen atoms in total. The van der Waals surface area contributed by atoms with Crippen LogP contribution in [-0.4, -0.2) is 36.2 Å². The molecule has 1 aliphatic heterocycles. The first-order chi connectivity index (χ1) is 11.5. The molecule has 0 aromatic heterocycles. The van der Waals surface area contributed by atoms with Crippen LogP contribution in [0.15, 0.2) is 30.5 Å². The van der Waals surface area contributed by atoms with Crippen LogP contribution in [0.3, 0.4) is 0 Å². The molecule has 0 aliphatic carbocycles. The zero-order valence-electron chi connectivity index (χ0n) is 14.0. The maximum Gasteiger partial charge on any atom is 0.416 e. The van der Waals surface area contributed by atoms with E-state index in [4.69, 9.17) is 21.1 Å². The van der Waals surface area contributed by atoms with Crippen molar-refractivity contribution in [1.82, 2.24) is 4.90 Å². The van der Waals surface area contributed by atoms with Crippen molar-refractivity contribution in [3.63, 3.8) is 0 Å². The van der Waals surface area contributed by atoms with Gasteiger partial charge in [-0.25, -0.2) is 9.59 Å². The predicted molar refractivity (Wildman–Crippen MR) is 91.6 cm³/mol. The summed E-state index contributed by atoms with van der Waals surface area (Å²) in [5.41, 5.74) is 1.31. The van der Waals surface area contributed by atoms with Crippen LogP contribution in [0, 0.1) is 0 Å². The molecule has 0 spiro atoms. The minimum absolute atomic E-state index is 0.350. The minimum atomic E-state index is -0.738. The number of hydrogen-bond donors (Lipinski definition) is 0. The number of nitrogens with zero attached hydrogens (tertiary/aromatic N) is 1. The summed E-state index contributed by atoms with van der Waals surface area (Å²) in [6, 6.07) is 7.87. The second kappa shape index (κ2) is 10.7. The summed E-state index contributed by atoms with van der Waals surface area (Å²) >= 11 is 4.72. The van der Waals surface area contributed by atoms with Gasteiger partial charge in [0, 0.05) is 30.0 Å². The summed E-state index contributed by atoms with van der Waals surface area (Å²) in [7, 11) is 0. The Hall–Kier alpha value is -2.05. The Labute approximate surface area is 146 Å². The minimum Gasteiger partial charge on any atom is -0.454 e. The normalized spacial score (nSPS) is 15.0.